The summed E-state index contributed by atoms with van der Waals surface area (Å²) < 4.78 is 12.5. The second-order valence-corrected chi connectivity index (χ2v) is 3.64. The van der Waals surface area contributed by atoms with Crippen LogP contribution in [0.1, 0.15) is 17.4 Å². The van der Waals surface area contributed by atoms with Crippen LogP contribution >= 0.6 is 0 Å². The van der Waals surface area contributed by atoms with Crippen LogP contribution in [-0.2, 0) is 22.4 Å². The van der Waals surface area contributed by atoms with Gasteiger partial charge >= 0.3 is 0 Å². The molecule has 5 nitrogen and oxygen atoms in total. The summed E-state index contributed by atoms with van der Waals surface area (Å²) in [5, 5.41) is 4.47. The second kappa shape index (κ2) is 4.74. The summed E-state index contributed by atoms with van der Waals surface area (Å²) in [5.41, 5.74) is 7.89. The van der Waals surface area contributed by atoms with Crippen molar-refractivity contribution in [2.45, 2.75) is 19.1 Å². The fourth-order valence-electron chi connectivity index (χ4n) is 1.81. The number of fused-ring (bicyclic) bond motifs is 1. The molecule has 5 heteroatoms. The number of ether oxygens (including phenoxy) is 2. The molecule has 0 fully saturated rings. The molecule has 0 amide bonds. The third-order valence-corrected chi connectivity index (χ3v) is 2.60. The lowest BCUT2D eigenvalue weighted by molar-refractivity contribution is 0.0453. The molecule has 84 valence electrons. The summed E-state index contributed by atoms with van der Waals surface area (Å²) in [6, 6.07) is 0. The number of rotatable bonds is 4. The van der Waals surface area contributed by atoms with Crippen molar-refractivity contribution in [1.82, 2.24) is 9.78 Å². The maximum absolute atomic E-state index is 5.63. The average molecular weight is 211 g/mol. The first-order chi connectivity index (χ1) is 7.35. The molecule has 0 bridgehead atoms. The Morgan fingerprint density at radius 2 is 2.60 bits per heavy atom. The summed E-state index contributed by atoms with van der Waals surface area (Å²) in [6.07, 6.45) is 2.97. The van der Waals surface area contributed by atoms with Crippen LogP contribution < -0.4 is 5.73 Å². The number of aromatic nitrogens is 2. The quantitative estimate of drug-likeness (QED) is 0.767. The molecule has 0 radical (unpaired) electrons. The molecule has 1 aliphatic heterocycles. The fourth-order valence-corrected chi connectivity index (χ4v) is 1.81. The van der Waals surface area contributed by atoms with Gasteiger partial charge in [0, 0.05) is 19.9 Å². The van der Waals surface area contributed by atoms with Gasteiger partial charge in [0.2, 0.25) is 0 Å². The summed E-state index contributed by atoms with van der Waals surface area (Å²) in [6.45, 7) is 2.69. The third-order valence-electron chi connectivity index (χ3n) is 2.60. The first-order valence-corrected chi connectivity index (χ1v) is 5.22. The van der Waals surface area contributed by atoms with E-state index < -0.39 is 0 Å². The van der Waals surface area contributed by atoms with Gasteiger partial charge in [0.05, 0.1) is 25.5 Å². The molecule has 1 atom stereocenters. The van der Waals surface area contributed by atoms with Crippen LogP contribution in [0.25, 0.3) is 0 Å². The highest BCUT2D eigenvalue weighted by Crippen LogP contribution is 2.24. The van der Waals surface area contributed by atoms with E-state index in [1.54, 1.807) is 7.11 Å². The van der Waals surface area contributed by atoms with Gasteiger partial charge in [0.25, 0.3) is 0 Å². The zero-order valence-corrected chi connectivity index (χ0v) is 8.98. The number of nitrogens with two attached hydrogens (primary N) is 1. The van der Waals surface area contributed by atoms with E-state index in [0.717, 1.165) is 25.3 Å². The summed E-state index contributed by atoms with van der Waals surface area (Å²) in [7, 11) is 1.69. The van der Waals surface area contributed by atoms with Gasteiger partial charge in [-0.1, -0.05) is 0 Å². The summed E-state index contributed by atoms with van der Waals surface area (Å²) in [5.74, 6) is 0. The van der Waals surface area contributed by atoms with Gasteiger partial charge in [-0.2, -0.15) is 5.10 Å². The van der Waals surface area contributed by atoms with Gasteiger partial charge in [0.1, 0.15) is 6.10 Å². The van der Waals surface area contributed by atoms with Crippen LogP contribution in [0.2, 0.25) is 0 Å². The van der Waals surface area contributed by atoms with E-state index in [0.29, 0.717) is 13.2 Å². The Kier molecular flexibility index (Phi) is 3.35. The van der Waals surface area contributed by atoms with E-state index in [4.69, 9.17) is 15.2 Å². The van der Waals surface area contributed by atoms with Gasteiger partial charge in [-0.15, -0.1) is 0 Å². The Bertz CT molecular complexity index is 324. The molecule has 1 unspecified atom stereocenters. The predicted molar refractivity (Wildman–Crippen MR) is 55.6 cm³/mol. The molecule has 0 aliphatic carbocycles. The number of nitrogens with zero attached hydrogens (tertiary/aromatic N) is 2. The Hall–Kier alpha value is -0.910. The van der Waals surface area contributed by atoms with Gasteiger partial charge < -0.3 is 15.2 Å². The average Bonchev–Trinajstić information content (AvgIpc) is 2.68. The van der Waals surface area contributed by atoms with Crippen LogP contribution in [0, 0.1) is 0 Å². The van der Waals surface area contributed by atoms with Crippen molar-refractivity contribution in [1.29, 1.82) is 0 Å². The van der Waals surface area contributed by atoms with Crippen molar-refractivity contribution in [3.63, 3.8) is 0 Å². The van der Waals surface area contributed by atoms with E-state index >= 15 is 0 Å². The molecular weight excluding hydrogens is 194 g/mol. The Labute approximate surface area is 89.2 Å². The molecule has 0 aromatic carbocycles. The Morgan fingerprint density at radius 1 is 1.73 bits per heavy atom. The predicted octanol–water partition coefficient (Wildman–Crippen LogP) is 0.102. The normalized spacial score (nSPS) is 20.3. The first kappa shape index (κ1) is 10.6. The molecular formula is C10H17N3O2. The minimum absolute atomic E-state index is 0.0301. The SMILES string of the molecule is COCCn1cc2c(n1)C(CN)OCC2. The van der Waals surface area contributed by atoms with Crippen LogP contribution in [-0.4, -0.2) is 36.6 Å². The highest BCUT2D eigenvalue weighted by Gasteiger charge is 2.23. The van der Waals surface area contributed by atoms with Crippen LogP contribution in [0.15, 0.2) is 6.20 Å². The first-order valence-electron chi connectivity index (χ1n) is 5.22. The van der Waals surface area contributed by atoms with Crippen LogP contribution in [0.5, 0.6) is 0 Å². The van der Waals surface area contributed by atoms with Crippen molar-refractivity contribution in [3.05, 3.63) is 17.5 Å². The van der Waals surface area contributed by atoms with Crippen molar-refractivity contribution in [2.75, 3.05) is 26.9 Å². The minimum Gasteiger partial charge on any atom is -0.383 e. The molecule has 1 aliphatic rings. The molecule has 2 N–H and O–H groups in total. The van der Waals surface area contributed by atoms with E-state index in [1.807, 2.05) is 4.68 Å². The fraction of sp³-hybridized carbons (Fsp3) is 0.700. The van der Waals surface area contributed by atoms with Gasteiger partial charge in [-0.25, -0.2) is 0 Å². The molecule has 0 saturated heterocycles. The maximum atomic E-state index is 5.63. The van der Waals surface area contributed by atoms with E-state index in [-0.39, 0.29) is 6.10 Å². The Balaban J connectivity index is 2.14. The monoisotopic (exact) mass is 211 g/mol. The van der Waals surface area contributed by atoms with Gasteiger partial charge in [-0.05, 0) is 12.0 Å². The molecule has 15 heavy (non-hydrogen) atoms. The topological polar surface area (TPSA) is 62.3 Å². The summed E-state index contributed by atoms with van der Waals surface area (Å²) in [4.78, 5) is 0. The molecule has 0 saturated carbocycles. The van der Waals surface area contributed by atoms with Crippen molar-refractivity contribution < 1.29 is 9.47 Å². The van der Waals surface area contributed by atoms with Crippen LogP contribution in [0.3, 0.4) is 0 Å². The largest absolute Gasteiger partial charge is 0.383 e. The molecule has 2 rings (SSSR count). The molecule has 1 aromatic heterocycles. The van der Waals surface area contributed by atoms with Gasteiger partial charge in [0.15, 0.2) is 0 Å². The van der Waals surface area contributed by atoms with Crippen molar-refractivity contribution >= 4 is 0 Å². The molecule has 2 heterocycles. The lowest BCUT2D eigenvalue weighted by atomic mass is 10.1. The van der Waals surface area contributed by atoms with E-state index in [9.17, 15) is 0 Å². The number of methoxy groups -OCH3 is 1. The summed E-state index contributed by atoms with van der Waals surface area (Å²) >= 11 is 0. The zero-order chi connectivity index (χ0) is 10.7. The second-order valence-electron chi connectivity index (χ2n) is 3.64. The highest BCUT2D eigenvalue weighted by molar-refractivity contribution is 5.22. The zero-order valence-electron chi connectivity index (χ0n) is 8.98. The number of hydrogen-bond donors (Lipinski definition) is 1. The lowest BCUT2D eigenvalue weighted by Gasteiger charge is -2.19. The smallest absolute Gasteiger partial charge is 0.114 e. The minimum atomic E-state index is -0.0301. The molecule has 1 aromatic rings. The van der Waals surface area contributed by atoms with E-state index in [2.05, 4.69) is 11.3 Å². The van der Waals surface area contributed by atoms with Gasteiger partial charge in [-0.3, -0.25) is 4.68 Å². The standard InChI is InChI=1S/C10H17N3O2/c1-14-5-3-13-7-8-2-4-15-9(6-11)10(8)12-13/h7,9H,2-6,11H2,1H3. The maximum Gasteiger partial charge on any atom is 0.114 e. The molecule has 0 spiro atoms. The van der Waals surface area contributed by atoms with Crippen LogP contribution in [0.4, 0.5) is 0 Å². The lowest BCUT2D eigenvalue weighted by Crippen LogP contribution is -2.22. The van der Waals surface area contributed by atoms with Crippen molar-refractivity contribution in [3.8, 4) is 0 Å². The highest BCUT2D eigenvalue weighted by atomic mass is 16.5. The van der Waals surface area contributed by atoms with E-state index in [1.165, 1.54) is 5.56 Å². The Morgan fingerprint density at radius 3 is 3.33 bits per heavy atom. The van der Waals surface area contributed by atoms with Crippen molar-refractivity contribution in [2.24, 2.45) is 5.73 Å². The third kappa shape index (κ3) is 2.19. The number of hydrogen-bond acceptors (Lipinski definition) is 4.